The fraction of sp³-hybridized carbons (Fsp3) is 0.458. The first-order valence-electron chi connectivity index (χ1n) is 23.0. The number of imide groups is 1. The number of amides is 4. The number of aromatic nitrogens is 7. The summed E-state index contributed by atoms with van der Waals surface area (Å²) in [4.78, 5) is 55.8. The molecular formula is C48H57N13O4. The van der Waals surface area contributed by atoms with Gasteiger partial charge in [-0.3, -0.25) is 24.5 Å². The maximum Gasteiger partial charge on any atom is 0.328 e. The average Bonchev–Trinajstić information content (AvgIpc) is 4.09. The van der Waals surface area contributed by atoms with Crippen LogP contribution in [0.1, 0.15) is 99.0 Å². The second-order valence-electron chi connectivity index (χ2n) is 19.2. The summed E-state index contributed by atoms with van der Waals surface area (Å²) in [5.74, 6) is 0.542. The van der Waals surface area contributed by atoms with Gasteiger partial charge >= 0.3 is 17.8 Å². The number of benzene rings is 2. The number of piperidine rings is 2. The Morgan fingerprint density at radius 3 is 2.40 bits per heavy atom. The monoisotopic (exact) mass is 879 g/mol. The van der Waals surface area contributed by atoms with E-state index in [1.54, 1.807) is 11.1 Å². The number of hydrogen-bond donors (Lipinski definition) is 2. The van der Waals surface area contributed by atoms with E-state index >= 15 is 0 Å². The Balaban J connectivity index is 0.767. The van der Waals surface area contributed by atoms with Gasteiger partial charge in [0.2, 0.25) is 5.91 Å². The van der Waals surface area contributed by atoms with Crippen molar-refractivity contribution in [2.45, 2.75) is 83.3 Å². The zero-order chi connectivity index (χ0) is 44.8. The van der Waals surface area contributed by atoms with Gasteiger partial charge in [-0.15, -0.1) is 0 Å². The molecule has 10 rings (SSSR count). The molecule has 17 heteroatoms. The van der Waals surface area contributed by atoms with Crippen molar-refractivity contribution in [1.82, 2.24) is 55.0 Å². The minimum atomic E-state index is -0.374. The second kappa shape index (κ2) is 17.5. The van der Waals surface area contributed by atoms with E-state index < -0.39 is 0 Å². The molecular weight excluding hydrogens is 823 g/mol. The Morgan fingerprint density at radius 1 is 0.862 bits per heavy atom. The number of urea groups is 1. The van der Waals surface area contributed by atoms with Crippen LogP contribution in [-0.2, 0) is 16.8 Å². The van der Waals surface area contributed by atoms with Crippen molar-refractivity contribution in [1.29, 1.82) is 0 Å². The molecule has 0 radical (unpaired) electrons. The highest BCUT2D eigenvalue weighted by atomic mass is 16.5. The summed E-state index contributed by atoms with van der Waals surface area (Å²) in [7, 11) is 2.10. The standard InChI is InChI=1S/C48H57N13O4/c1-48(2,3)46-54-45(65-55-46)44(63)52-39-16-19-56(4)28-33-25-32(5-10-38(33)39)43-41-11-18-49-61(41)30-40(51-43)34-26-50-60(29-34)37-14-20-57(21-15-37)27-31-12-22-58(23-13-31)35-6-8-36(9-7-35)59-24-17-42(62)53-47(59)64/h5-11,18,25-26,29-31,37,39H,12-17,19-24,27-28H2,1-4H3,(H,52,63)(H,53,62,64)/t39-/m1/s1. The van der Waals surface area contributed by atoms with Gasteiger partial charge in [-0.1, -0.05) is 38.1 Å². The van der Waals surface area contributed by atoms with Crippen LogP contribution in [0.25, 0.3) is 28.0 Å². The number of hydrogen-bond acceptors (Lipinski definition) is 12. The number of anilines is 2. The van der Waals surface area contributed by atoms with Crippen LogP contribution in [0.5, 0.6) is 0 Å². The summed E-state index contributed by atoms with van der Waals surface area (Å²) in [6.45, 7) is 13.2. The van der Waals surface area contributed by atoms with E-state index in [1.807, 2.05) is 55.9 Å². The van der Waals surface area contributed by atoms with Gasteiger partial charge in [0, 0.05) is 92.9 Å². The van der Waals surface area contributed by atoms with Crippen LogP contribution in [0.3, 0.4) is 0 Å². The maximum absolute atomic E-state index is 13.4. The first-order valence-corrected chi connectivity index (χ1v) is 23.0. The first-order chi connectivity index (χ1) is 31.4. The number of carbonyl (C=O) groups is 3. The number of nitrogens with one attached hydrogen (secondary N) is 2. The summed E-state index contributed by atoms with van der Waals surface area (Å²) in [6, 6.07) is 16.3. The fourth-order valence-electron chi connectivity index (χ4n) is 9.80. The third-order valence-corrected chi connectivity index (χ3v) is 13.6. The van der Waals surface area contributed by atoms with E-state index in [0.29, 0.717) is 30.7 Å². The zero-order valence-electron chi connectivity index (χ0n) is 37.6. The lowest BCUT2D eigenvalue weighted by Crippen LogP contribution is -2.49. The molecule has 338 valence electrons. The van der Waals surface area contributed by atoms with Crippen LogP contribution in [0.15, 0.2) is 77.8 Å². The summed E-state index contributed by atoms with van der Waals surface area (Å²) in [6.07, 6.45) is 13.3. The number of carbonyl (C=O) groups excluding carboxylic acids is 3. The van der Waals surface area contributed by atoms with E-state index in [2.05, 4.69) is 88.8 Å². The molecule has 0 unspecified atom stereocenters. The molecule has 4 aromatic heterocycles. The minimum absolute atomic E-state index is 0.0260. The lowest BCUT2D eigenvalue weighted by Gasteiger charge is -2.38. The molecule has 2 N–H and O–H groups in total. The van der Waals surface area contributed by atoms with Gasteiger partial charge in [0.1, 0.15) is 0 Å². The first kappa shape index (κ1) is 42.5. The van der Waals surface area contributed by atoms with Crippen LogP contribution >= 0.6 is 0 Å². The molecule has 0 bridgehead atoms. The Labute approximate surface area is 378 Å². The summed E-state index contributed by atoms with van der Waals surface area (Å²) < 4.78 is 9.40. The lowest BCUT2D eigenvalue weighted by atomic mass is 9.94. The molecule has 4 aliphatic heterocycles. The predicted octanol–water partition coefficient (Wildman–Crippen LogP) is 6.25. The van der Waals surface area contributed by atoms with Crippen molar-refractivity contribution < 1.29 is 18.9 Å². The Kier molecular flexibility index (Phi) is 11.4. The SMILES string of the molecule is CN1CC[C@@H](NC(=O)c2nc(C(C)(C)C)no2)c2ccc(-c3nc(-c4cnn(C5CCN(CC6CCN(c7ccc(N8CCC(=O)NC8=O)cc7)CC6)CC5)c4)cn4nccc34)cc2C1. The van der Waals surface area contributed by atoms with Gasteiger partial charge < -0.3 is 24.5 Å². The fourth-order valence-corrected chi connectivity index (χ4v) is 9.80. The van der Waals surface area contributed by atoms with E-state index in [9.17, 15) is 14.4 Å². The highest BCUT2D eigenvalue weighted by Crippen LogP contribution is 2.34. The molecule has 4 aliphatic rings. The molecule has 17 nitrogen and oxygen atoms in total. The van der Waals surface area contributed by atoms with Gasteiger partial charge in [-0.05, 0) is 92.6 Å². The molecule has 3 fully saturated rings. The van der Waals surface area contributed by atoms with E-state index in [-0.39, 0.29) is 35.2 Å². The third-order valence-electron chi connectivity index (χ3n) is 13.6. The van der Waals surface area contributed by atoms with Crippen LogP contribution in [0, 0.1) is 5.92 Å². The normalized spacial score (nSPS) is 19.7. The quantitative estimate of drug-likeness (QED) is 0.167. The molecule has 0 saturated carbocycles. The summed E-state index contributed by atoms with van der Waals surface area (Å²) >= 11 is 0. The van der Waals surface area contributed by atoms with Gasteiger partial charge in [0.15, 0.2) is 5.82 Å². The highest BCUT2D eigenvalue weighted by molar-refractivity contribution is 6.05. The van der Waals surface area contributed by atoms with Crippen LogP contribution < -0.4 is 20.4 Å². The largest absolute Gasteiger partial charge is 0.372 e. The Hall–Kier alpha value is -6.46. The number of fused-ring (bicyclic) bond motifs is 2. The van der Waals surface area contributed by atoms with Crippen molar-refractivity contribution in [3.63, 3.8) is 0 Å². The predicted molar refractivity (Wildman–Crippen MR) is 245 cm³/mol. The van der Waals surface area contributed by atoms with Crippen molar-refractivity contribution >= 4 is 34.7 Å². The van der Waals surface area contributed by atoms with Gasteiger partial charge in [-0.25, -0.2) is 14.3 Å². The Bertz CT molecular complexity index is 2700. The second-order valence-corrected chi connectivity index (χ2v) is 19.2. The molecule has 1 atom stereocenters. The molecule has 4 amide bonds. The number of nitrogens with zero attached hydrogens (tertiary/aromatic N) is 11. The average molecular weight is 880 g/mol. The summed E-state index contributed by atoms with van der Waals surface area (Å²) in [5, 5.41) is 19.1. The van der Waals surface area contributed by atoms with E-state index in [4.69, 9.17) is 14.6 Å². The van der Waals surface area contributed by atoms with Crippen LogP contribution in [0.4, 0.5) is 16.2 Å². The van der Waals surface area contributed by atoms with Crippen molar-refractivity contribution in [3.05, 3.63) is 96.2 Å². The maximum atomic E-state index is 13.4. The summed E-state index contributed by atoms with van der Waals surface area (Å²) in [5.41, 5.74) is 8.33. The molecule has 8 heterocycles. The zero-order valence-corrected chi connectivity index (χ0v) is 37.6. The molecule has 6 aromatic rings. The Morgan fingerprint density at radius 2 is 1.65 bits per heavy atom. The van der Waals surface area contributed by atoms with Gasteiger partial charge in [0.25, 0.3) is 0 Å². The smallest absolute Gasteiger partial charge is 0.328 e. The van der Waals surface area contributed by atoms with Crippen molar-refractivity contribution in [2.24, 2.45) is 5.92 Å². The molecule has 0 aliphatic carbocycles. The van der Waals surface area contributed by atoms with E-state index in [1.165, 1.54) is 5.69 Å². The van der Waals surface area contributed by atoms with Crippen LogP contribution in [-0.4, -0.2) is 115 Å². The van der Waals surface area contributed by atoms with Crippen molar-refractivity contribution in [3.8, 4) is 22.5 Å². The third kappa shape index (κ3) is 8.99. The molecule has 2 aromatic carbocycles. The lowest BCUT2D eigenvalue weighted by molar-refractivity contribution is -0.120. The van der Waals surface area contributed by atoms with Crippen LogP contribution in [0.2, 0.25) is 0 Å². The molecule has 3 saturated heterocycles. The molecule has 65 heavy (non-hydrogen) atoms. The highest BCUT2D eigenvalue weighted by Gasteiger charge is 2.30. The minimum Gasteiger partial charge on any atom is -0.372 e. The van der Waals surface area contributed by atoms with E-state index in [0.717, 1.165) is 123 Å². The number of likely N-dealkylation sites (tertiary alicyclic amines) is 1. The van der Waals surface area contributed by atoms with Gasteiger partial charge in [-0.2, -0.15) is 15.2 Å². The topological polar surface area (TPSA) is 175 Å². The number of rotatable bonds is 9. The van der Waals surface area contributed by atoms with Crippen molar-refractivity contribution in [2.75, 3.05) is 62.7 Å². The molecule has 0 spiro atoms. The van der Waals surface area contributed by atoms with Gasteiger partial charge in [0.05, 0.1) is 47.6 Å².